The monoisotopic (exact) mass is 222 g/mol. The van der Waals surface area contributed by atoms with Crippen molar-refractivity contribution in [3.63, 3.8) is 0 Å². The van der Waals surface area contributed by atoms with Crippen molar-refractivity contribution in [2.75, 3.05) is 5.75 Å². The molecular weight excluding hydrogens is 212 g/mol. The maximum Gasteiger partial charge on any atom is 0.189 e. The molecule has 0 fully saturated rings. The Hall–Kier alpha value is -1.56. The predicted molar refractivity (Wildman–Crippen MR) is 56.9 cm³/mol. The number of aromatic amines is 1. The van der Waals surface area contributed by atoms with Gasteiger partial charge in [-0.05, 0) is 12.1 Å². The smallest absolute Gasteiger partial charge is 0.189 e. The maximum atomic E-state index is 11.7. The molecule has 2 rings (SSSR count). The minimum absolute atomic E-state index is 0.0869. The van der Waals surface area contributed by atoms with Gasteiger partial charge in [0, 0.05) is 13.2 Å². The molecule has 0 aliphatic carbocycles. The molecule has 2 heterocycles. The number of H-pyrrole nitrogens is 1. The molecule has 0 aliphatic rings. The van der Waals surface area contributed by atoms with Gasteiger partial charge in [-0.25, -0.2) is 4.98 Å². The number of aryl methyl sites for hydroxylation is 1. The van der Waals surface area contributed by atoms with E-state index in [2.05, 4.69) is 15.2 Å². The average molecular weight is 222 g/mol. The number of nitrogens with zero attached hydrogens (tertiary/aromatic N) is 3. The van der Waals surface area contributed by atoms with Gasteiger partial charge in [0.2, 0.25) is 0 Å². The maximum absolute atomic E-state index is 11.7. The Bertz CT molecular complexity index is 448. The molecule has 0 amide bonds. The fraction of sp³-hybridized carbons (Fsp3) is 0.222. The predicted octanol–water partition coefficient (Wildman–Crippen LogP) is 1.12. The summed E-state index contributed by atoms with van der Waals surface area (Å²) in [6.45, 7) is 0. The molecule has 5 nitrogen and oxygen atoms in total. The van der Waals surface area contributed by atoms with Gasteiger partial charge in [-0.15, -0.1) is 0 Å². The van der Waals surface area contributed by atoms with Crippen molar-refractivity contribution in [1.29, 1.82) is 0 Å². The Balaban J connectivity index is 1.96. The molecule has 2 aromatic rings. The molecule has 0 unspecified atom stereocenters. The highest BCUT2D eigenvalue weighted by atomic mass is 32.2. The van der Waals surface area contributed by atoms with Gasteiger partial charge in [-0.1, -0.05) is 11.8 Å². The third kappa shape index (κ3) is 2.27. The van der Waals surface area contributed by atoms with Crippen molar-refractivity contribution < 1.29 is 4.79 Å². The summed E-state index contributed by atoms with van der Waals surface area (Å²) in [7, 11) is 1.85. The van der Waals surface area contributed by atoms with Gasteiger partial charge in [-0.3, -0.25) is 9.89 Å². The van der Waals surface area contributed by atoms with Crippen molar-refractivity contribution in [1.82, 2.24) is 19.7 Å². The van der Waals surface area contributed by atoms with E-state index in [9.17, 15) is 4.79 Å². The zero-order chi connectivity index (χ0) is 10.7. The first-order chi connectivity index (χ1) is 7.27. The van der Waals surface area contributed by atoms with E-state index in [0.717, 1.165) is 0 Å². The summed E-state index contributed by atoms with van der Waals surface area (Å²) in [6.07, 6.45) is 3.28. The van der Waals surface area contributed by atoms with Crippen LogP contribution < -0.4 is 0 Å². The summed E-state index contributed by atoms with van der Waals surface area (Å²) in [6, 6.07) is 3.66. The highest BCUT2D eigenvalue weighted by Crippen LogP contribution is 2.13. The number of ketones is 1. The highest BCUT2D eigenvalue weighted by molar-refractivity contribution is 7.99. The first kappa shape index (κ1) is 9.97. The second-order valence-electron chi connectivity index (χ2n) is 3.01. The molecule has 0 atom stereocenters. The zero-order valence-electron chi connectivity index (χ0n) is 8.17. The zero-order valence-corrected chi connectivity index (χ0v) is 8.99. The molecule has 2 aromatic heterocycles. The van der Waals surface area contributed by atoms with Crippen LogP contribution in [0.2, 0.25) is 0 Å². The van der Waals surface area contributed by atoms with E-state index >= 15 is 0 Å². The number of aromatic nitrogens is 4. The molecule has 0 bridgehead atoms. The Morgan fingerprint density at radius 2 is 2.53 bits per heavy atom. The van der Waals surface area contributed by atoms with Gasteiger partial charge in [0.05, 0.1) is 11.4 Å². The lowest BCUT2D eigenvalue weighted by molar-refractivity contribution is 0.101. The minimum atomic E-state index is 0.0869. The lowest BCUT2D eigenvalue weighted by Gasteiger charge is -2.00. The van der Waals surface area contributed by atoms with E-state index < -0.39 is 0 Å². The Morgan fingerprint density at radius 3 is 3.13 bits per heavy atom. The molecule has 78 valence electrons. The fourth-order valence-electron chi connectivity index (χ4n) is 1.22. The number of thioether (sulfide) groups is 1. The number of hydrogen-bond donors (Lipinski definition) is 1. The first-order valence-electron chi connectivity index (χ1n) is 4.40. The number of hydrogen-bond acceptors (Lipinski definition) is 4. The summed E-state index contributed by atoms with van der Waals surface area (Å²) in [5.74, 6) is 0.455. The van der Waals surface area contributed by atoms with Gasteiger partial charge >= 0.3 is 0 Å². The van der Waals surface area contributed by atoms with Gasteiger partial charge in [0.25, 0.3) is 0 Å². The summed E-state index contributed by atoms with van der Waals surface area (Å²) in [5, 5.41) is 7.07. The Morgan fingerprint density at radius 1 is 1.67 bits per heavy atom. The second-order valence-corrected chi connectivity index (χ2v) is 3.97. The topological polar surface area (TPSA) is 63.6 Å². The molecule has 1 N–H and O–H groups in total. The highest BCUT2D eigenvalue weighted by Gasteiger charge is 2.10. The van der Waals surface area contributed by atoms with Crippen molar-refractivity contribution in [2.24, 2.45) is 7.05 Å². The molecule has 0 radical (unpaired) electrons. The fourth-order valence-corrected chi connectivity index (χ4v) is 1.88. The van der Waals surface area contributed by atoms with Crippen molar-refractivity contribution in [3.8, 4) is 0 Å². The van der Waals surface area contributed by atoms with Crippen LogP contribution in [0.25, 0.3) is 0 Å². The molecule has 0 spiro atoms. The molecule has 0 saturated carbocycles. The lowest BCUT2D eigenvalue weighted by atomic mass is 10.3. The molecule has 6 heteroatoms. The SMILES string of the molecule is Cn1cccc1C(=O)CSc1ncn[nH]1. The normalized spacial score (nSPS) is 10.5. The summed E-state index contributed by atoms with van der Waals surface area (Å²) >= 11 is 1.35. The van der Waals surface area contributed by atoms with Crippen molar-refractivity contribution in [2.45, 2.75) is 5.16 Å². The third-order valence-corrected chi connectivity index (χ3v) is 2.84. The number of carbonyl (C=O) groups is 1. The molecular formula is C9H10N4OS. The van der Waals surface area contributed by atoms with Crippen LogP contribution in [0, 0.1) is 0 Å². The molecule has 15 heavy (non-hydrogen) atoms. The Labute approximate surface area is 90.9 Å². The summed E-state index contributed by atoms with van der Waals surface area (Å²) in [5.41, 5.74) is 0.710. The van der Waals surface area contributed by atoms with E-state index in [-0.39, 0.29) is 5.78 Å². The molecule has 0 aliphatic heterocycles. The van der Waals surface area contributed by atoms with Gasteiger partial charge < -0.3 is 4.57 Å². The van der Waals surface area contributed by atoms with E-state index in [4.69, 9.17) is 0 Å². The minimum Gasteiger partial charge on any atom is -0.348 e. The lowest BCUT2D eigenvalue weighted by Crippen LogP contribution is -2.07. The van der Waals surface area contributed by atoms with E-state index in [0.29, 0.717) is 16.6 Å². The van der Waals surface area contributed by atoms with E-state index in [1.165, 1.54) is 18.1 Å². The second kappa shape index (κ2) is 4.31. The van der Waals surface area contributed by atoms with Crippen LogP contribution in [0.3, 0.4) is 0 Å². The van der Waals surface area contributed by atoms with Crippen LogP contribution in [0.15, 0.2) is 29.8 Å². The first-order valence-corrected chi connectivity index (χ1v) is 5.38. The van der Waals surface area contributed by atoms with E-state index in [1.54, 1.807) is 0 Å². The number of Topliss-reactive ketones (excluding diaryl/α,β-unsaturated/α-hetero) is 1. The van der Waals surface area contributed by atoms with Crippen LogP contribution in [-0.4, -0.2) is 31.3 Å². The van der Waals surface area contributed by atoms with Crippen LogP contribution in [-0.2, 0) is 7.05 Å². The van der Waals surface area contributed by atoms with E-state index in [1.807, 2.05) is 29.9 Å². The third-order valence-electron chi connectivity index (χ3n) is 1.96. The quantitative estimate of drug-likeness (QED) is 0.622. The van der Waals surface area contributed by atoms with Crippen molar-refractivity contribution >= 4 is 17.5 Å². The Kier molecular flexibility index (Phi) is 2.86. The number of rotatable bonds is 4. The standard InChI is InChI=1S/C9H10N4OS/c1-13-4-2-3-7(13)8(14)5-15-9-10-6-11-12-9/h2-4,6H,5H2,1H3,(H,10,11,12). The molecule has 0 aromatic carbocycles. The van der Waals surface area contributed by atoms with Crippen LogP contribution in [0.4, 0.5) is 0 Å². The summed E-state index contributed by atoms with van der Waals surface area (Å²) in [4.78, 5) is 15.6. The van der Waals surface area contributed by atoms with Gasteiger partial charge in [0.1, 0.15) is 6.33 Å². The number of carbonyl (C=O) groups excluding carboxylic acids is 1. The van der Waals surface area contributed by atoms with Crippen LogP contribution in [0.5, 0.6) is 0 Å². The van der Waals surface area contributed by atoms with Gasteiger partial charge in [-0.2, -0.15) is 5.10 Å². The summed E-state index contributed by atoms with van der Waals surface area (Å²) < 4.78 is 1.81. The van der Waals surface area contributed by atoms with Crippen molar-refractivity contribution in [3.05, 3.63) is 30.4 Å². The largest absolute Gasteiger partial charge is 0.348 e. The van der Waals surface area contributed by atoms with Gasteiger partial charge in [0.15, 0.2) is 10.9 Å². The molecule has 0 saturated heterocycles. The van der Waals surface area contributed by atoms with Crippen LogP contribution >= 0.6 is 11.8 Å². The number of nitrogens with one attached hydrogen (secondary N) is 1. The average Bonchev–Trinajstić information content (AvgIpc) is 2.84. The van der Waals surface area contributed by atoms with Crippen LogP contribution in [0.1, 0.15) is 10.5 Å².